The van der Waals surface area contributed by atoms with Gasteiger partial charge < -0.3 is 47.7 Å². The van der Waals surface area contributed by atoms with Gasteiger partial charge in [0.15, 0.2) is 22.9 Å². The van der Waals surface area contributed by atoms with Crippen LogP contribution in [0.25, 0.3) is 10.4 Å². The zero-order valence-corrected chi connectivity index (χ0v) is 59.4. The van der Waals surface area contributed by atoms with Gasteiger partial charge in [0.2, 0.25) is 5.91 Å². The van der Waals surface area contributed by atoms with E-state index in [-0.39, 0.29) is 54.9 Å². The van der Waals surface area contributed by atoms with Gasteiger partial charge in [-0.3, -0.25) is 4.79 Å². The fourth-order valence-corrected chi connectivity index (χ4v) is 14.7. The first kappa shape index (κ1) is 76.7. The zero-order chi connectivity index (χ0) is 63.4. The molecule has 0 radical (unpaired) electrons. The van der Waals surface area contributed by atoms with E-state index in [1.807, 2.05) is 115 Å². The Labute approximate surface area is 537 Å². The van der Waals surface area contributed by atoms with Gasteiger partial charge in [-0.25, -0.2) is 0 Å². The first-order valence-corrected chi connectivity index (χ1v) is 41.1. The largest absolute Gasteiger partial charge is 0.411 e. The third kappa shape index (κ3) is 30.0. The van der Waals surface area contributed by atoms with E-state index in [0.717, 1.165) is 59.0 Å². The Balaban J connectivity index is 1.55. The molecule has 1 aliphatic rings. The number of thioether (sulfide) groups is 2. The van der Waals surface area contributed by atoms with Crippen molar-refractivity contribution in [2.45, 2.75) is 257 Å². The summed E-state index contributed by atoms with van der Waals surface area (Å²) < 4.78 is 55.7. The van der Waals surface area contributed by atoms with Gasteiger partial charge in [-0.1, -0.05) is 229 Å². The lowest BCUT2D eigenvalue weighted by molar-refractivity contribution is -0.328. The standard InChI is InChI=1S/C69H116N4O10S2Si2/c1-13-14-15-16-17-18-19-20-21-22-23-33-41-60(82-86(9,10)68(3,4)5)63(83-87(11,12)69(6,7)8)59(48-74)72-62(75)42-34-44-77-67-66(80-51-58-39-31-26-32-40-58)65(79-50-57-37-29-25-30-38-57)64(78-49-56-35-27-24-28-36-56)61(81-67)52-76-45-47-85-54-55(2)53-84-46-43-71-73-70/h24-32,35-40,55,59-61,63-67,74H,13-23,33-34,41-54H2,1-12H3,(H,72,75)/t55?,59-,60+,61+,63-,64-,65-,66+,67-/m0/s1. The number of nitrogens with zero attached hydrogens (tertiary/aromatic N) is 3. The molecule has 3 aromatic rings. The molecule has 4 rings (SSSR count). The van der Waals surface area contributed by atoms with Crippen molar-refractivity contribution in [3.63, 3.8) is 0 Å². The van der Waals surface area contributed by atoms with Gasteiger partial charge in [-0.2, -0.15) is 23.5 Å². The smallest absolute Gasteiger partial charge is 0.220 e. The van der Waals surface area contributed by atoms with Crippen molar-refractivity contribution < 1.29 is 47.2 Å². The Morgan fingerprint density at radius 3 is 1.64 bits per heavy atom. The fourth-order valence-electron chi connectivity index (χ4n) is 10.0. The molecule has 0 bridgehead atoms. The predicted molar refractivity (Wildman–Crippen MR) is 366 cm³/mol. The number of aliphatic hydroxyl groups is 1. The van der Waals surface area contributed by atoms with E-state index in [1.165, 1.54) is 64.2 Å². The summed E-state index contributed by atoms with van der Waals surface area (Å²) in [7, 11) is -4.80. The highest BCUT2D eigenvalue weighted by atomic mass is 32.2. The highest BCUT2D eigenvalue weighted by molar-refractivity contribution is 8.00. The van der Waals surface area contributed by atoms with Gasteiger partial charge in [-0.15, -0.1) is 0 Å². The molecule has 1 heterocycles. The maximum Gasteiger partial charge on any atom is 0.220 e. The van der Waals surface area contributed by atoms with E-state index in [9.17, 15) is 9.90 Å². The fraction of sp³-hybridized carbons (Fsp3) is 0.725. The molecule has 1 fully saturated rings. The first-order chi connectivity index (χ1) is 41.7. The van der Waals surface area contributed by atoms with Gasteiger partial charge in [0, 0.05) is 23.6 Å². The summed E-state index contributed by atoms with van der Waals surface area (Å²) in [6.45, 7) is 29.1. The molecular formula is C69H116N4O10S2Si2. The second kappa shape index (κ2) is 42.4. The number of amides is 1. The monoisotopic (exact) mass is 1280 g/mol. The van der Waals surface area contributed by atoms with E-state index in [1.54, 1.807) is 0 Å². The average Bonchev–Trinajstić information content (AvgIpc) is 1.16. The minimum atomic E-state index is -2.46. The highest BCUT2D eigenvalue weighted by Crippen LogP contribution is 2.42. The van der Waals surface area contributed by atoms with Crippen LogP contribution in [0, 0.1) is 5.92 Å². The number of benzene rings is 3. The van der Waals surface area contributed by atoms with E-state index < -0.39 is 59.5 Å². The molecule has 0 aromatic heterocycles. The number of azide groups is 1. The van der Waals surface area contributed by atoms with Crippen molar-refractivity contribution in [3.8, 4) is 0 Å². The molecule has 492 valence electrons. The van der Waals surface area contributed by atoms with Crippen molar-refractivity contribution in [3.05, 3.63) is 118 Å². The number of nitrogens with one attached hydrogen (secondary N) is 1. The van der Waals surface area contributed by atoms with Crippen molar-refractivity contribution >= 4 is 46.1 Å². The Hall–Kier alpha value is -2.79. The van der Waals surface area contributed by atoms with Crippen molar-refractivity contribution in [1.29, 1.82) is 0 Å². The Morgan fingerprint density at radius 1 is 0.655 bits per heavy atom. The van der Waals surface area contributed by atoms with Crippen LogP contribution < -0.4 is 5.32 Å². The lowest BCUT2D eigenvalue weighted by atomic mass is 9.97. The summed E-state index contributed by atoms with van der Waals surface area (Å²) in [6.07, 6.45) is 12.1. The zero-order valence-electron chi connectivity index (χ0n) is 55.7. The molecule has 18 heteroatoms. The maximum absolute atomic E-state index is 14.4. The summed E-state index contributed by atoms with van der Waals surface area (Å²) in [5.74, 6) is 3.91. The average molecular weight is 1280 g/mol. The number of hydrogen-bond acceptors (Lipinski definition) is 13. The van der Waals surface area contributed by atoms with Gasteiger partial charge >= 0.3 is 0 Å². The molecule has 0 saturated carbocycles. The quantitative estimate of drug-likeness (QED) is 0.0180. The molecule has 87 heavy (non-hydrogen) atoms. The van der Waals surface area contributed by atoms with Crippen LogP contribution in [0.5, 0.6) is 0 Å². The van der Waals surface area contributed by atoms with Crippen LogP contribution >= 0.6 is 23.5 Å². The number of ether oxygens (including phenoxy) is 6. The normalized spacial score (nSPS) is 19.1. The van der Waals surface area contributed by atoms with Crippen molar-refractivity contribution in [2.75, 3.05) is 56.0 Å². The molecule has 3 aromatic carbocycles. The lowest BCUT2D eigenvalue weighted by Gasteiger charge is -2.47. The summed E-state index contributed by atoms with van der Waals surface area (Å²) in [4.78, 5) is 17.2. The van der Waals surface area contributed by atoms with Crippen molar-refractivity contribution in [1.82, 2.24) is 5.32 Å². The number of unbranched alkanes of at least 4 members (excludes halogenated alkanes) is 11. The molecule has 1 saturated heterocycles. The molecular weight excluding hydrogens is 1170 g/mol. The molecule has 1 aliphatic heterocycles. The van der Waals surface area contributed by atoms with Crippen LogP contribution in [-0.2, 0) is 61.9 Å². The van der Waals surface area contributed by atoms with Crippen LogP contribution in [0.2, 0.25) is 36.3 Å². The summed E-state index contributed by atoms with van der Waals surface area (Å²) in [5.41, 5.74) is 11.6. The van der Waals surface area contributed by atoms with Crippen molar-refractivity contribution in [2.24, 2.45) is 11.0 Å². The number of carbonyl (C=O) groups excluding carboxylic acids is 1. The Kier molecular flexibility index (Phi) is 37.3. The summed E-state index contributed by atoms with van der Waals surface area (Å²) in [6, 6.07) is 29.5. The Morgan fingerprint density at radius 2 is 1.14 bits per heavy atom. The van der Waals surface area contributed by atoms with Crippen LogP contribution in [0.15, 0.2) is 96.1 Å². The topological polar surface area (TPSA) is 172 Å². The first-order valence-electron chi connectivity index (χ1n) is 32.9. The summed E-state index contributed by atoms with van der Waals surface area (Å²) >= 11 is 3.67. The summed E-state index contributed by atoms with van der Waals surface area (Å²) in [5, 5.41) is 18.1. The molecule has 1 amide bonds. The van der Waals surface area contributed by atoms with Crippen LogP contribution in [0.1, 0.15) is 168 Å². The molecule has 9 atom stereocenters. The van der Waals surface area contributed by atoms with Gasteiger partial charge in [0.25, 0.3) is 0 Å². The van der Waals surface area contributed by atoms with Gasteiger partial charge in [0.1, 0.15) is 24.4 Å². The molecule has 0 spiro atoms. The molecule has 0 aliphatic carbocycles. The maximum atomic E-state index is 14.4. The number of rotatable bonds is 47. The third-order valence-corrected chi connectivity index (χ3v) is 28.8. The molecule has 2 N–H and O–H groups in total. The molecule has 1 unspecified atom stereocenters. The minimum Gasteiger partial charge on any atom is -0.411 e. The van der Waals surface area contributed by atoms with E-state index >= 15 is 0 Å². The van der Waals surface area contributed by atoms with Gasteiger partial charge in [0.05, 0.1) is 64.5 Å². The minimum absolute atomic E-state index is 0.0544. The predicted octanol–water partition coefficient (Wildman–Crippen LogP) is 17.0. The number of hydrogen-bond donors (Lipinski definition) is 2. The van der Waals surface area contributed by atoms with E-state index in [4.69, 9.17) is 42.8 Å². The van der Waals surface area contributed by atoms with Gasteiger partial charge in [-0.05, 0) is 94.5 Å². The van der Waals surface area contributed by atoms with Crippen LogP contribution in [0.4, 0.5) is 0 Å². The van der Waals surface area contributed by atoms with E-state index in [0.29, 0.717) is 38.7 Å². The highest BCUT2D eigenvalue weighted by Gasteiger charge is 2.50. The Bertz CT molecular complexity index is 2300. The SMILES string of the molecule is CCCCCCCCCCCCCC[C@@H](O[Si](C)(C)C(C)(C)C)[C@@H](O[Si](C)(C)C(C)(C)C)[C@H](CO)NC(=O)CCCO[C@H]1O[C@H](COCCSCC(C)CSCCN=[N+]=[N-])[C@H](OCc2ccccc2)[C@H](OCc2ccccc2)[C@H]1OCc1ccccc1. The van der Waals surface area contributed by atoms with Crippen LogP contribution in [-0.4, -0.2) is 133 Å². The van der Waals surface area contributed by atoms with E-state index in [2.05, 4.69) is 96.9 Å². The second-order valence-electron chi connectivity index (χ2n) is 26.9. The third-order valence-electron chi connectivity index (χ3n) is 17.3. The number of carbonyl (C=O) groups is 1. The lowest BCUT2D eigenvalue weighted by Crippen LogP contribution is -2.62. The van der Waals surface area contributed by atoms with Crippen LogP contribution in [0.3, 0.4) is 0 Å². The second-order valence-corrected chi connectivity index (χ2v) is 38.7. The number of aliphatic hydroxyl groups excluding tert-OH is 1. The molecule has 14 nitrogen and oxygen atoms in total.